The topological polar surface area (TPSA) is 90.3 Å². The molecule has 0 fully saturated rings. The van der Waals surface area contributed by atoms with Crippen molar-refractivity contribution in [3.05, 3.63) is 33.6 Å². The van der Waals surface area contributed by atoms with E-state index in [1.54, 1.807) is 23.7 Å². The molecule has 3 heterocycles. The Morgan fingerprint density at radius 1 is 1.47 bits per heavy atom. The lowest BCUT2D eigenvalue weighted by molar-refractivity contribution is 1.07. The molecule has 0 spiro atoms. The number of nitrogens with one attached hydrogen (secondary N) is 2. The maximum atomic E-state index is 9.07. The van der Waals surface area contributed by atoms with Crippen molar-refractivity contribution in [3.8, 4) is 6.07 Å². The molecule has 0 aromatic carbocycles. The highest BCUT2D eigenvalue weighted by atomic mass is 35.5. The second-order valence-corrected chi connectivity index (χ2v) is 4.98. The van der Waals surface area contributed by atoms with Crippen LogP contribution in [-0.4, -0.2) is 19.9 Å². The van der Waals surface area contributed by atoms with Crippen LogP contribution in [0.3, 0.4) is 0 Å². The average molecular weight is 291 g/mol. The maximum absolute atomic E-state index is 9.07. The molecule has 19 heavy (non-hydrogen) atoms. The molecule has 2 N–H and O–H groups in total. The van der Waals surface area contributed by atoms with Crippen molar-refractivity contribution in [3.63, 3.8) is 0 Å². The van der Waals surface area contributed by atoms with Gasteiger partial charge in [-0.3, -0.25) is 0 Å². The second-order valence-electron chi connectivity index (χ2n) is 3.66. The molecule has 6 nitrogen and oxygen atoms in total. The van der Waals surface area contributed by atoms with Gasteiger partial charge >= 0.3 is 0 Å². The Morgan fingerprint density at radius 3 is 3.11 bits per heavy atom. The lowest BCUT2D eigenvalue weighted by atomic mass is 10.2. The molecule has 0 saturated heterocycles. The summed E-state index contributed by atoms with van der Waals surface area (Å²) in [5.74, 6) is 0.531. The van der Waals surface area contributed by atoms with E-state index in [9.17, 15) is 0 Å². The normalized spacial score (nSPS) is 10.5. The predicted molar refractivity (Wildman–Crippen MR) is 73.1 cm³/mol. The monoisotopic (exact) mass is 290 g/mol. The summed E-state index contributed by atoms with van der Waals surface area (Å²) in [5.41, 5.74) is 1.02. The molecule has 0 aliphatic heterocycles. The summed E-state index contributed by atoms with van der Waals surface area (Å²) in [6.07, 6.45) is 3.32. The summed E-state index contributed by atoms with van der Waals surface area (Å²) in [7, 11) is 0. The number of rotatable bonds is 3. The third-order valence-electron chi connectivity index (χ3n) is 2.52. The van der Waals surface area contributed by atoms with Crippen molar-refractivity contribution < 1.29 is 0 Å². The van der Waals surface area contributed by atoms with Gasteiger partial charge in [0.15, 0.2) is 0 Å². The Kier molecular flexibility index (Phi) is 3.03. The van der Waals surface area contributed by atoms with Crippen molar-refractivity contribution in [2.75, 3.05) is 5.32 Å². The van der Waals surface area contributed by atoms with E-state index in [4.69, 9.17) is 16.9 Å². The number of nitriles is 1. The van der Waals surface area contributed by atoms with E-state index in [2.05, 4.69) is 31.3 Å². The fourth-order valence-electron chi connectivity index (χ4n) is 1.72. The summed E-state index contributed by atoms with van der Waals surface area (Å²) in [6.45, 7) is 0.524. The van der Waals surface area contributed by atoms with Gasteiger partial charge in [0.05, 0.1) is 17.5 Å². The number of anilines is 1. The first-order valence-electron chi connectivity index (χ1n) is 5.35. The van der Waals surface area contributed by atoms with Crippen LogP contribution >= 0.6 is 22.9 Å². The molecule has 0 bridgehead atoms. The average Bonchev–Trinajstić information content (AvgIpc) is 3.04. The van der Waals surface area contributed by atoms with Crippen molar-refractivity contribution in [1.82, 2.24) is 19.9 Å². The molecular formula is C11H7ClN6S. The van der Waals surface area contributed by atoms with Gasteiger partial charge in [0.1, 0.15) is 22.5 Å². The molecule has 3 rings (SSSR count). The lowest BCUT2D eigenvalue weighted by Crippen LogP contribution is -2.03. The smallest absolute Gasteiger partial charge is 0.226 e. The van der Waals surface area contributed by atoms with Crippen LogP contribution < -0.4 is 5.32 Å². The summed E-state index contributed by atoms with van der Waals surface area (Å²) in [5, 5.41) is 15.8. The number of aromatic nitrogens is 4. The zero-order valence-corrected chi connectivity index (χ0v) is 11.1. The van der Waals surface area contributed by atoms with Gasteiger partial charge in [-0.05, 0) is 11.6 Å². The Bertz CT molecular complexity index is 757. The highest BCUT2D eigenvalue weighted by molar-refractivity contribution is 7.09. The molecule has 94 valence electrons. The molecule has 8 heteroatoms. The molecule has 0 radical (unpaired) electrons. The van der Waals surface area contributed by atoms with E-state index < -0.39 is 0 Å². The van der Waals surface area contributed by atoms with Crippen LogP contribution in [0.5, 0.6) is 0 Å². The van der Waals surface area contributed by atoms with E-state index in [1.165, 1.54) is 0 Å². The molecule has 0 atom stereocenters. The van der Waals surface area contributed by atoms with Crippen LogP contribution in [0.25, 0.3) is 11.0 Å². The van der Waals surface area contributed by atoms with E-state index in [-0.39, 0.29) is 5.28 Å². The van der Waals surface area contributed by atoms with Gasteiger partial charge in [0, 0.05) is 17.8 Å². The molecular weight excluding hydrogens is 284 g/mol. The van der Waals surface area contributed by atoms with Crippen LogP contribution in [-0.2, 0) is 6.54 Å². The molecule has 0 aliphatic rings. The number of fused-ring (bicyclic) bond motifs is 1. The van der Waals surface area contributed by atoms with Crippen LogP contribution in [0.15, 0.2) is 17.8 Å². The van der Waals surface area contributed by atoms with Gasteiger partial charge in [-0.25, -0.2) is 4.98 Å². The fraction of sp³-hybridized carbons (Fsp3) is 0.0909. The lowest BCUT2D eigenvalue weighted by Gasteiger charge is -2.05. The maximum Gasteiger partial charge on any atom is 0.226 e. The van der Waals surface area contributed by atoms with Gasteiger partial charge in [-0.2, -0.15) is 15.2 Å². The van der Waals surface area contributed by atoms with Crippen LogP contribution in [0.4, 0.5) is 5.82 Å². The number of thiazole rings is 1. The van der Waals surface area contributed by atoms with Crippen LogP contribution in [0.2, 0.25) is 5.28 Å². The highest BCUT2D eigenvalue weighted by Crippen LogP contribution is 2.25. The molecule has 0 saturated carbocycles. The van der Waals surface area contributed by atoms with Gasteiger partial charge in [-0.15, -0.1) is 11.3 Å². The van der Waals surface area contributed by atoms with Crippen LogP contribution in [0, 0.1) is 11.3 Å². The molecule has 3 aromatic rings. The number of nitrogens with zero attached hydrogens (tertiary/aromatic N) is 4. The highest BCUT2D eigenvalue weighted by Gasteiger charge is 2.13. The first-order valence-corrected chi connectivity index (χ1v) is 6.60. The summed E-state index contributed by atoms with van der Waals surface area (Å²) < 4.78 is 0. The van der Waals surface area contributed by atoms with E-state index in [0.717, 1.165) is 5.01 Å². The van der Waals surface area contributed by atoms with Crippen molar-refractivity contribution in [2.24, 2.45) is 0 Å². The van der Waals surface area contributed by atoms with E-state index in [0.29, 0.717) is 29.0 Å². The zero-order chi connectivity index (χ0) is 13.2. The van der Waals surface area contributed by atoms with E-state index >= 15 is 0 Å². The largest absolute Gasteiger partial charge is 0.363 e. The summed E-state index contributed by atoms with van der Waals surface area (Å²) in [4.78, 5) is 15.2. The third kappa shape index (κ3) is 2.23. The second kappa shape index (κ2) is 4.84. The predicted octanol–water partition coefficient (Wildman–Crippen LogP) is 2.55. The molecule has 0 aliphatic carbocycles. The minimum absolute atomic E-state index is 0.125. The fourth-order valence-corrected chi connectivity index (χ4v) is 2.45. The van der Waals surface area contributed by atoms with Gasteiger partial charge in [0.25, 0.3) is 0 Å². The van der Waals surface area contributed by atoms with Gasteiger partial charge in [0.2, 0.25) is 5.28 Å². The third-order valence-corrected chi connectivity index (χ3v) is 3.46. The Labute approximate surface area is 117 Å². The first-order chi connectivity index (χ1) is 9.28. The Balaban J connectivity index is 2.01. The van der Waals surface area contributed by atoms with Crippen molar-refractivity contribution in [1.29, 1.82) is 5.26 Å². The standard InChI is InChI=1S/C11H7ClN6S/c12-11-17-9-8(6(3-13)4-15-9)10(18-11)16-5-7-14-1-2-19-7/h1-2,4H,5H2,(H2,15,16,17,18). The van der Waals surface area contributed by atoms with Crippen molar-refractivity contribution >= 4 is 39.8 Å². The number of hydrogen-bond donors (Lipinski definition) is 2. The van der Waals surface area contributed by atoms with Gasteiger partial charge in [-0.1, -0.05) is 0 Å². The van der Waals surface area contributed by atoms with Crippen LogP contribution in [0.1, 0.15) is 10.6 Å². The quantitative estimate of drug-likeness (QED) is 0.723. The Hall–Kier alpha value is -2.17. The Morgan fingerprint density at radius 2 is 2.37 bits per heavy atom. The summed E-state index contributed by atoms with van der Waals surface area (Å²) >= 11 is 7.40. The molecule has 0 unspecified atom stereocenters. The molecule has 0 amide bonds. The zero-order valence-electron chi connectivity index (χ0n) is 9.51. The minimum Gasteiger partial charge on any atom is -0.363 e. The number of aromatic amines is 1. The first kappa shape index (κ1) is 11.9. The molecule has 3 aromatic heterocycles. The summed E-state index contributed by atoms with van der Waals surface area (Å²) in [6, 6.07) is 2.10. The number of halogens is 1. The number of H-pyrrole nitrogens is 1. The van der Waals surface area contributed by atoms with E-state index in [1.807, 2.05) is 5.38 Å². The van der Waals surface area contributed by atoms with Crippen molar-refractivity contribution in [2.45, 2.75) is 6.54 Å². The SMILES string of the molecule is N#Cc1c[nH]c2nc(Cl)nc(NCc3nccs3)c12. The van der Waals surface area contributed by atoms with Gasteiger partial charge < -0.3 is 10.3 Å². The number of hydrogen-bond acceptors (Lipinski definition) is 6. The minimum atomic E-state index is 0.125.